The molecule has 2 rings (SSSR count). The quantitative estimate of drug-likeness (QED) is 0.917. The van der Waals surface area contributed by atoms with Crippen LogP contribution in [0.3, 0.4) is 0 Å². The highest BCUT2D eigenvalue weighted by molar-refractivity contribution is 5.96. The van der Waals surface area contributed by atoms with E-state index in [-0.39, 0.29) is 16.9 Å². The van der Waals surface area contributed by atoms with Gasteiger partial charge in [0, 0.05) is 31.2 Å². The Morgan fingerprint density at radius 2 is 2.05 bits per heavy atom. The van der Waals surface area contributed by atoms with E-state index in [0.717, 1.165) is 23.9 Å². The van der Waals surface area contributed by atoms with Crippen molar-refractivity contribution >= 4 is 16.8 Å². The van der Waals surface area contributed by atoms with Crippen LogP contribution in [0.25, 0.3) is 10.9 Å². The van der Waals surface area contributed by atoms with Crippen molar-refractivity contribution in [3.8, 4) is 0 Å². The number of nitrogens with zero attached hydrogens (tertiary/aromatic N) is 1. The predicted molar refractivity (Wildman–Crippen MR) is 76.6 cm³/mol. The molecule has 0 saturated heterocycles. The number of benzene rings is 1. The number of nitrogens with one attached hydrogen (secondary N) is 1. The van der Waals surface area contributed by atoms with E-state index in [1.54, 1.807) is 14.1 Å². The van der Waals surface area contributed by atoms with Gasteiger partial charge in [-0.05, 0) is 24.1 Å². The molecule has 1 amide bonds. The number of hydrogen-bond donors (Lipinski definition) is 1. The molecule has 4 heteroatoms. The summed E-state index contributed by atoms with van der Waals surface area (Å²) in [7, 11) is 3.28. The van der Waals surface area contributed by atoms with Gasteiger partial charge in [0.15, 0.2) is 0 Å². The Kier molecular flexibility index (Phi) is 3.69. The largest absolute Gasteiger partial charge is 0.360 e. The van der Waals surface area contributed by atoms with E-state index < -0.39 is 0 Å². The maximum atomic E-state index is 12.4. The molecule has 100 valence electrons. The number of aromatic nitrogens is 1. The molecular weight excluding hydrogens is 240 g/mol. The van der Waals surface area contributed by atoms with Gasteiger partial charge in [0.2, 0.25) is 5.43 Å². The Labute approximate surface area is 112 Å². The van der Waals surface area contributed by atoms with Crippen LogP contribution >= 0.6 is 0 Å². The summed E-state index contributed by atoms with van der Waals surface area (Å²) >= 11 is 0. The number of fused-ring (bicyclic) bond motifs is 1. The number of aromatic amines is 1. The lowest BCUT2D eigenvalue weighted by Crippen LogP contribution is -2.27. The molecule has 0 unspecified atom stereocenters. The fourth-order valence-electron chi connectivity index (χ4n) is 2.11. The molecule has 1 heterocycles. The van der Waals surface area contributed by atoms with E-state index in [1.807, 2.05) is 18.2 Å². The van der Waals surface area contributed by atoms with Crippen molar-refractivity contribution in [2.75, 3.05) is 14.1 Å². The van der Waals surface area contributed by atoms with E-state index in [1.165, 1.54) is 11.1 Å². The summed E-state index contributed by atoms with van der Waals surface area (Å²) in [4.78, 5) is 28.7. The van der Waals surface area contributed by atoms with Crippen LogP contribution in [0.1, 0.15) is 29.3 Å². The molecule has 0 aliphatic carbocycles. The zero-order valence-electron chi connectivity index (χ0n) is 11.5. The van der Waals surface area contributed by atoms with E-state index in [2.05, 4.69) is 11.9 Å². The molecule has 0 bridgehead atoms. The van der Waals surface area contributed by atoms with E-state index in [4.69, 9.17) is 0 Å². The van der Waals surface area contributed by atoms with E-state index in [0.29, 0.717) is 5.39 Å². The van der Waals surface area contributed by atoms with Crippen molar-refractivity contribution in [1.29, 1.82) is 0 Å². The molecular formula is C15H18N2O2. The first-order valence-corrected chi connectivity index (χ1v) is 6.40. The van der Waals surface area contributed by atoms with Crippen LogP contribution in [-0.2, 0) is 6.42 Å². The average molecular weight is 258 g/mol. The molecule has 19 heavy (non-hydrogen) atoms. The van der Waals surface area contributed by atoms with Crippen LogP contribution in [0.5, 0.6) is 0 Å². The molecule has 4 nitrogen and oxygen atoms in total. The molecule has 0 saturated carbocycles. The van der Waals surface area contributed by atoms with Gasteiger partial charge in [-0.15, -0.1) is 0 Å². The smallest absolute Gasteiger partial charge is 0.258 e. The Balaban J connectivity index is 2.62. The molecule has 0 radical (unpaired) electrons. The summed E-state index contributed by atoms with van der Waals surface area (Å²) in [6, 6.07) is 5.78. The minimum atomic E-state index is -0.274. The third kappa shape index (κ3) is 2.52. The van der Waals surface area contributed by atoms with Gasteiger partial charge < -0.3 is 9.88 Å². The normalized spacial score (nSPS) is 10.7. The average Bonchev–Trinajstić information content (AvgIpc) is 2.39. The molecule has 1 N–H and O–H groups in total. The van der Waals surface area contributed by atoms with Crippen molar-refractivity contribution in [1.82, 2.24) is 9.88 Å². The van der Waals surface area contributed by atoms with Crippen LogP contribution < -0.4 is 5.43 Å². The van der Waals surface area contributed by atoms with Gasteiger partial charge in [0.25, 0.3) is 5.91 Å². The van der Waals surface area contributed by atoms with Gasteiger partial charge in [0.05, 0.1) is 0 Å². The van der Waals surface area contributed by atoms with Crippen LogP contribution in [0.4, 0.5) is 0 Å². The molecule has 0 aliphatic heterocycles. The fourth-order valence-corrected chi connectivity index (χ4v) is 2.11. The van der Waals surface area contributed by atoms with Crippen LogP contribution in [0.2, 0.25) is 0 Å². The second kappa shape index (κ2) is 5.26. The fraction of sp³-hybridized carbons (Fsp3) is 0.333. The van der Waals surface area contributed by atoms with E-state index >= 15 is 0 Å². The standard InChI is InChI=1S/C15H18N2O2/c1-4-5-10-6-7-13-11(8-10)14(18)12(9-16-13)15(19)17(2)3/h6-9H,4-5H2,1-3H3,(H,16,18). The number of hydrogen-bond acceptors (Lipinski definition) is 2. The Hall–Kier alpha value is -2.10. The molecule has 0 spiro atoms. The number of pyridine rings is 1. The maximum Gasteiger partial charge on any atom is 0.258 e. The zero-order chi connectivity index (χ0) is 14.0. The maximum absolute atomic E-state index is 12.4. The molecule has 2 aromatic rings. The highest BCUT2D eigenvalue weighted by Gasteiger charge is 2.14. The topological polar surface area (TPSA) is 53.2 Å². The zero-order valence-corrected chi connectivity index (χ0v) is 11.5. The highest BCUT2D eigenvalue weighted by Crippen LogP contribution is 2.13. The lowest BCUT2D eigenvalue weighted by atomic mass is 10.1. The minimum Gasteiger partial charge on any atom is -0.360 e. The van der Waals surface area contributed by atoms with Crippen molar-refractivity contribution < 1.29 is 4.79 Å². The van der Waals surface area contributed by atoms with Crippen LogP contribution in [0, 0.1) is 0 Å². The van der Waals surface area contributed by atoms with Gasteiger partial charge in [-0.3, -0.25) is 9.59 Å². The summed E-state index contributed by atoms with van der Waals surface area (Å²) in [5.41, 5.74) is 1.87. The summed E-state index contributed by atoms with van der Waals surface area (Å²) in [5, 5.41) is 0.582. The number of H-pyrrole nitrogens is 1. The lowest BCUT2D eigenvalue weighted by molar-refractivity contribution is 0.0826. The number of rotatable bonds is 3. The molecule has 0 fully saturated rings. The van der Waals surface area contributed by atoms with Crippen molar-refractivity contribution in [3.63, 3.8) is 0 Å². The molecule has 1 aromatic carbocycles. The van der Waals surface area contributed by atoms with Crippen molar-refractivity contribution in [2.24, 2.45) is 0 Å². The summed E-state index contributed by atoms with van der Waals surface area (Å²) in [5.74, 6) is -0.274. The van der Waals surface area contributed by atoms with Gasteiger partial charge in [0.1, 0.15) is 5.56 Å². The number of carbonyl (C=O) groups excluding carboxylic acids is 1. The minimum absolute atomic E-state index is 0.186. The Morgan fingerprint density at radius 1 is 1.32 bits per heavy atom. The summed E-state index contributed by atoms with van der Waals surface area (Å²) in [6.45, 7) is 2.10. The van der Waals surface area contributed by atoms with Gasteiger partial charge >= 0.3 is 0 Å². The SMILES string of the molecule is CCCc1ccc2[nH]cc(C(=O)N(C)C)c(=O)c2c1. The van der Waals surface area contributed by atoms with Crippen molar-refractivity contribution in [3.05, 3.63) is 45.7 Å². The summed E-state index contributed by atoms with van der Waals surface area (Å²) in [6.07, 6.45) is 3.45. The molecule has 0 aliphatic rings. The molecule has 0 atom stereocenters. The Bertz CT molecular complexity index is 671. The van der Waals surface area contributed by atoms with Crippen LogP contribution in [-0.4, -0.2) is 29.9 Å². The first kappa shape index (κ1) is 13.3. The first-order chi connectivity index (χ1) is 9.04. The van der Waals surface area contributed by atoms with E-state index in [9.17, 15) is 9.59 Å². The van der Waals surface area contributed by atoms with Gasteiger partial charge in [-0.1, -0.05) is 19.4 Å². The Morgan fingerprint density at radius 3 is 2.68 bits per heavy atom. The van der Waals surface area contributed by atoms with Gasteiger partial charge in [-0.25, -0.2) is 0 Å². The lowest BCUT2D eigenvalue weighted by Gasteiger charge is -2.10. The summed E-state index contributed by atoms with van der Waals surface area (Å²) < 4.78 is 0. The van der Waals surface area contributed by atoms with Crippen molar-refractivity contribution in [2.45, 2.75) is 19.8 Å². The third-order valence-corrected chi connectivity index (χ3v) is 3.12. The third-order valence-electron chi connectivity index (χ3n) is 3.12. The first-order valence-electron chi connectivity index (χ1n) is 6.40. The number of amides is 1. The second-order valence-corrected chi connectivity index (χ2v) is 4.86. The predicted octanol–water partition coefficient (Wildman–Crippen LogP) is 2.18. The molecule has 1 aromatic heterocycles. The van der Waals surface area contributed by atoms with Crippen LogP contribution in [0.15, 0.2) is 29.2 Å². The number of carbonyl (C=O) groups is 1. The van der Waals surface area contributed by atoms with Gasteiger partial charge in [-0.2, -0.15) is 0 Å². The second-order valence-electron chi connectivity index (χ2n) is 4.86. The monoisotopic (exact) mass is 258 g/mol. The highest BCUT2D eigenvalue weighted by atomic mass is 16.2. The number of aryl methyl sites for hydroxylation is 1.